The lowest BCUT2D eigenvalue weighted by Gasteiger charge is -2.40. The molecule has 0 amide bonds. The molecule has 1 aromatic carbocycles. The Bertz CT molecular complexity index is 581. The first-order valence-corrected chi connectivity index (χ1v) is 7.46. The third kappa shape index (κ3) is 1.96. The summed E-state index contributed by atoms with van der Waals surface area (Å²) < 4.78 is 0. The van der Waals surface area contributed by atoms with Crippen LogP contribution in [0.25, 0.3) is 5.57 Å². The summed E-state index contributed by atoms with van der Waals surface area (Å²) in [5, 5.41) is 0. The second-order valence-electron chi connectivity index (χ2n) is 6.61. The summed E-state index contributed by atoms with van der Waals surface area (Å²) in [5.74, 6) is 1.13. The summed E-state index contributed by atoms with van der Waals surface area (Å²) in [5.41, 5.74) is 3.61. The summed E-state index contributed by atoms with van der Waals surface area (Å²) in [4.78, 5) is 12.6. The number of benzene rings is 1. The van der Waals surface area contributed by atoms with Crippen molar-refractivity contribution < 1.29 is 4.79 Å². The van der Waals surface area contributed by atoms with E-state index in [2.05, 4.69) is 50.8 Å². The van der Waals surface area contributed by atoms with Crippen molar-refractivity contribution in [1.82, 2.24) is 0 Å². The van der Waals surface area contributed by atoms with E-state index in [1.807, 2.05) is 6.07 Å². The standard InChI is InChI=1S/C19H22O/c1-13(2)15-11-17-16(14-7-5-4-6-8-14)9-10-19(17,3)18(20)12-15/h4-9,15,17H,1,10-12H2,2-3H3/t15?,17-,19+/m1/s1. The summed E-state index contributed by atoms with van der Waals surface area (Å²) >= 11 is 0. The van der Waals surface area contributed by atoms with Gasteiger partial charge >= 0.3 is 0 Å². The van der Waals surface area contributed by atoms with Crippen molar-refractivity contribution in [2.75, 3.05) is 0 Å². The van der Waals surface area contributed by atoms with E-state index in [4.69, 9.17) is 0 Å². The highest BCUT2D eigenvalue weighted by Gasteiger charge is 2.50. The van der Waals surface area contributed by atoms with Crippen molar-refractivity contribution in [2.45, 2.75) is 33.1 Å². The molecule has 3 rings (SSSR count). The first-order chi connectivity index (χ1) is 9.52. The molecule has 0 saturated heterocycles. The van der Waals surface area contributed by atoms with Crippen LogP contribution in [0.4, 0.5) is 0 Å². The van der Waals surface area contributed by atoms with Gasteiger partial charge in [0.25, 0.3) is 0 Å². The predicted molar refractivity (Wildman–Crippen MR) is 83.2 cm³/mol. The third-order valence-corrected chi connectivity index (χ3v) is 5.28. The average molecular weight is 266 g/mol. The van der Waals surface area contributed by atoms with Gasteiger partial charge in [0.1, 0.15) is 5.78 Å². The zero-order valence-electron chi connectivity index (χ0n) is 12.4. The predicted octanol–water partition coefficient (Wildman–Crippen LogP) is 4.65. The molecule has 0 aliphatic heterocycles. The molecular weight excluding hydrogens is 244 g/mol. The first kappa shape index (κ1) is 13.4. The second-order valence-corrected chi connectivity index (χ2v) is 6.61. The summed E-state index contributed by atoms with van der Waals surface area (Å²) in [6.07, 6.45) is 4.93. The normalized spacial score (nSPS) is 32.7. The minimum absolute atomic E-state index is 0.183. The smallest absolute Gasteiger partial charge is 0.140 e. The third-order valence-electron chi connectivity index (χ3n) is 5.28. The molecule has 0 radical (unpaired) electrons. The van der Waals surface area contributed by atoms with Gasteiger partial charge in [0.15, 0.2) is 0 Å². The Morgan fingerprint density at radius 3 is 2.65 bits per heavy atom. The summed E-state index contributed by atoms with van der Waals surface area (Å²) in [7, 11) is 0. The molecule has 2 aliphatic rings. The Labute approximate surface area is 121 Å². The molecule has 104 valence electrons. The maximum absolute atomic E-state index is 12.6. The Balaban J connectivity index is 1.97. The molecule has 0 aromatic heterocycles. The molecule has 0 heterocycles. The molecule has 2 aliphatic carbocycles. The fraction of sp³-hybridized carbons (Fsp3) is 0.421. The fourth-order valence-electron chi connectivity index (χ4n) is 3.79. The van der Waals surface area contributed by atoms with Gasteiger partial charge in [-0.3, -0.25) is 4.79 Å². The van der Waals surface area contributed by atoms with Gasteiger partial charge in [-0.1, -0.05) is 55.5 Å². The van der Waals surface area contributed by atoms with Crippen LogP contribution in [-0.4, -0.2) is 5.78 Å². The molecule has 1 heteroatoms. The van der Waals surface area contributed by atoms with Crippen molar-refractivity contribution in [3.63, 3.8) is 0 Å². The monoisotopic (exact) mass is 266 g/mol. The number of Topliss-reactive ketones (excluding diaryl/α,β-unsaturated/α-hetero) is 1. The van der Waals surface area contributed by atoms with Crippen LogP contribution >= 0.6 is 0 Å². The van der Waals surface area contributed by atoms with E-state index in [-0.39, 0.29) is 5.41 Å². The van der Waals surface area contributed by atoms with Gasteiger partial charge in [0.2, 0.25) is 0 Å². The minimum atomic E-state index is -0.183. The maximum Gasteiger partial charge on any atom is 0.140 e. The van der Waals surface area contributed by atoms with Gasteiger partial charge < -0.3 is 0 Å². The molecule has 0 spiro atoms. The Kier molecular flexibility index (Phi) is 3.16. The second kappa shape index (κ2) is 4.73. The van der Waals surface area contributed by atoms with Gasteiger partial charge in [-0.25, -0.2) is 0 Å². The molecule has 1 aromatic rings. The van der Waals surface area contributed by atoms with Crippen molar-refractivity contribution in [1.29, 1.82) is 0 Å². The lowest BCUT2D eigenvalue weighted by Crippen LogP contribution is -2.40. The molecule has 3 atom stereocenters. The molecule has 20 heavy (non-hydrogen) atoms. The van der Waals surface area contributed by atoms with Crippen LogP contribution in [0.3, 0.4) is 0 Å². The van der Waals surface area contributed by atoms with Crippen molar-refractivity contribution in [3.05, 3.63) is 54.1 Å². The Morgan fingerprint density at radius 1 is 1.30 bits per heavy atom. The topological polar surface area (TPSA) is 17.1 Å². The van der Waals surface area contributed by atoms with Crippen LogP contribution in [0.1, 0.15) is 38.7 Å². The van der Waals surface area contributed by atoms with E-state index < -0.39 is 0 Å². The maximum atomic E-state index is 12.6. The summed E-state index contributed by atoms with van der Waals surface area (Å²) in [6, 6.07) is 10.5. The molecule has 1 fully saturated rings. The minimum Gasteiger partial charge on any atom is -0.299 e. The van der Waals surface area contributed by atoms with E-state index in [0.717, 1.165) is 18.4 Å². The Morgan fingerprint density at radius 2 is 2.00 bits per heavy atom. The molecule has 0 N–H and O–H groups in total. The fourth-order valence-corrected chi connectivity index (χ4v) is 3.79. The van der Waals surface area contributed by atoms with Crippen LogP contribution in [0.5, 0.6) is 0 Å². The lowest BCUT2D eigenvalue weighted by molar-refractivity contribution is -0.133. The zero-order valence-corrected chi connectivity index (χ0v) is 12.4. The van der Waals surface area contributed by atoms with Crippen LogP contribution in [-0.2, 0) is 4.79 Å². The average Bonchev–Trinajstić information content (AvgIpc) is 2.78. The largest absolute Gasteiger partial charge is 0.299 e. The quantitative estimate of drug-likeness (QED) is 0.712. The molecular formula is C19H22O. The van der Waals surface area contributed by atoms with E-state index in [1.165, 1.54) is 11.1 Å². The van der Waals surface area contributed by atoms with Crippen molar-refractivity contribution >= 4 is 11.4 Å². The number of ketones is 1. The number of hydrogen-bond acceptors (Lipinski definition) is 1. The van der Waals surface area contributed by atoms with Crippen molar-refractivity contribution in [2.24, 2.45) is 17.3 Å². The molecule has 1 unspecified atom stereocenters. The zero-order chi connectivity index (χ0) is 14.3. The van der Waals surface area contributed by atoms with Gasteiger partial charge in [-0.15, -0.1) is 0 Å². The van der Waals surface area contributed by atoms with Crippen LogP contribution < -0.4 is 0 Å². The molecule has 1 saturated carbocycles. The number of carbonyl (C=O) groups excluding carboxylic acids is 1. The number of rotatable bonds is 2. The van der Waals surface area contributed by atoms with Crippen LogP contribution in [0, 0.1) is 17.3 Å². The highest BCUT2D eigenvalue weighted by atomic mass is 16.1. The first-order valence-electron chi connectivity index (χ1n) is 7.46. The highest BCUT2D eigenvalue weighted by molar-refractivity contribution is 5.91. The number of fused-ring (bicyclic) bond motifs is 1. The van der Waals surface area contributed by atoms with E-state index in [1.54, 1.807) is 0 Å². The SMILES string of the molecule is C=C(C)C1CC(=O)[C@@]2(C)CC=C(c3ccccc3)[C@H]2C1. The molecule has 1 nitrogen and oxygen atoms in total. The van der Waals surface area contributed by atoms with Crippen molar-refractivity contribution in [3.8, 4) is 0 Å². The lowest BCUT2D eigenvalue weighted by atomic mass is 9.62. The van der Waals surface area contributed by atoms with Crippen LogP contribution in [0.15, 0.2) is 48.6 Å². The summed E-state index contributed by atoms with van der Waals surface area (Å²) in [6.45, 7) is 8.29. The van der Waals surface area contributed by atoms with Crippen LogP contribution in [0.2, 0.25) is 0 Å². The molecule has 0 bridgehead atoms. The Hall–Kier alpha value is -1.63. The highest BCUT2D eigenvalue weighted by Crippen LogP contribution is 2.55. The number of allylic oxidation sites excluding steroid dienone is 3. The van der Waals surface area contributed by atoms with Gasteiger partial charge in [-0.2, -0.15) is 0 Å². The van der Waals surface area contributed by atoms with Gasteiger partial charge in [0, 0.05) is 11.8 Å². The number of hydrogen-bond donors (Lipinski definition) is 0. The van der Waals surface area contributed by atoms with E-state index >= 15 is 0 Å². The van der Waals surface area contributed by atoms with E-state index in [0.29, 0.717) is 24.0 Å². The van der Waals surface area contributed by atoms with Gasteiger partial charge in [0.05, 0.1) is 0 Å². The number of carbonyl (C=O) groups is 1. The van der Waals surface area contributed by atoms with E-state index in [9.17, 15) is 4.79 Å². The van der Waals surface area contributed by atoms with Gasteiger partial charge in [-0.05, 0) is 42.7 Å².